The fourth-order valence-electron chi connectivity index (χ4n) is 1.22. The van der Waals surface area contributed by atoms with Crippen molar-refractivity contribution in [2.45, 2.75) is 0 Å². The maximum atomic E-state index is 13.0. The molecule has 16 heavy (non-hydrogen) atoms. The Bertz CT molecular complexity index is 501. The first-order chi connectivity index (χ1) is 7.58. The normalized spacial score (nSPS) is 16.9. The summed E-state index contributed by atoms with van der Waals surface area (Å²) < 4.78 is 25.9. The number of rotatable bonds is 1. The molecule has 1 heterocycles. The lowest BCUT2D eigenvalue weighted by molar-refractivity contribution is -0.115. The van der Waals surface area contributed by atoms with E-state index in [1.165, 1.54) is 12.4 Å². The summed E-state index contributed by atoms with van der Waals surface area (Å²) in [7, 11) is 0. The second kappa shape index (κ2) is 3.73. The number of carbonyl (C=O) groups is 1. The molecule has 0 bridgehead atoms. The monoisotopic (exact) mass is 224 g/mol. The highest BCUT2D eigenvalue weighted by atomic mass is 19.1. The third-order valence-electron chi connectivity index (χ3n) is 1.97. The zero-order valence-corrected chi connectivity index (χ0v) is 7.87. The number of nitrogens with one attached hydrogen (secondary N) is 1. The molecule has 0 saturated heterocycles. The van der Waals surface area contributed by atoms with Crippen LogP contribution in [-0.4, -0.2) is 17.4 Å². The van der Waals surface area contributed by atoms with E-state index in [0.717, 1.165) is 12.1 Å². The van der Waals surface area contributed by atoms with Crippen LogP contribution in [0.5, 0.6) is 5.75 Å². The second-order valence-corrected chi connectivity index (χ2v) is 3.09. The van der Waals surface area contributed by atoms with Crippen molar-refractivity contribution < 1.29 is 18.7 Å². The van der Waals surface area contributed by atoms with Crippen molar-refractivity contribution in [2.24, 2.45) is 4.99 Å². The van der Waals surface area contributed by atoms with Gasteiger partial charge in [-0.15, -0.1) is 0 Å². The lowest BCUT2D eigenvalue weighted by atomic mass is 10.1. The Morgan fingerprint density at radius 3 is 2.44 bits per heavy atom. The zero-order chi connectivity index (χ0) is 11.7. The largest absolute Gasteiger partial charge is 0.503 e. The molecule has 6 heteroatoms. The van der Waals surface area contributed by atoms with Gasteiger partial charge >= 0.3 is 0 Å². The quantitative estimate of drug-likeness (QED) is 0.703. The van der Waals surface area contributed by atoms with E-state index in [0.29, 0.717) is 0 Å². The molecule has 0 aromatic heterocycles. The third kappa shape index (κ3) is 1.77. The molecule has 0 spiro atoms. The van der Waals surface area contributed by atoms with Gasteiger partial charge < -0.3 is 10.4 Å². The van der Waals surface area contributed by atoms with Crippen molar-refractivity contribution >= 4 is 18.3 Å². The Balaban J connectivity index is 2.43. The molecule has 0 atom stereocenters. The number of nitrogens with zero attached hydrogens (tertiary/aromatic N) is 1. The average molecular weight is 224 g/mol. The summed E-state index contributed by atoms with van der Waals surface area (Å²) in [6.07, 6.45) is 2.39. The van der Waals surface area contributed by atoms with Gasteiger partial charge in [-0.1, -0.05) is 0 Å². The topological polar surface area (TPSA) is 61.7 Å². The van der Waals surface area contributed by atoms with Crippen molar-refractivity contribution in [2.75, 3.05) is 0 Å². The molecule has 1 aromatic carbocycles. The van der Waals surface area contributed by atoms with Crippen LogP contribution < -0.4 is 5.32 Å². The number of phenolic OH excluding ortho intramolecular Hbond substituents is 1. The number of phenols is 1. The Morgan fingerprint density at radius 2 is 1.94 bits per heavy atom. The number of aliphatic imine (C=N–C) groups is 1. The van der Waals surface area contributed by atoms with Gasteiger partial charge in [0.2, 0.25) is 0 Å². The van der Waals surface area contributed by atoms with Crippen LogP contribution in [0.2, 0.25) is 0 Å². The molecule has 0 aliphatic carbocycles. The van der Waals surface area contributed by atoms with Crippen molar-refractivity contribution in [3.8, 4) is 5.75 Å². The average Bonchev–Trinajstić information content (AvgIpc) is 2.61. The maximum Gasteiger partial charge on any atom is 0.275 e. The van der Waals surface area contributed by atoms with Gasteiger partial charge in [-0.3, -0.25) is 4.79 Å². The molecular weight excluding hydrogens is 218 g/mol. The predicted molar refractivity (Wildman–Crippen MR) is 52.6 cm³/mol. The van der Waals surface area contributed by atoms with E-state index in [2.05, 4.69) is 10.3 Å². The first-order valence-corrected chi connectivity index (χ1v) is 4.31. The molecule has 0 unspecified atom stereocenters. The van der Waals surface area contributed by atoms with Crippen LogP contribution in [0.1, 0.15) is 5.56 Å². The van der Waals surface area contributed by atoms with Crippen molar-refractivity contribution in [1.82, 2.24) is 5.32 Å². The fraction of sp³-hybridized carbons (Fsp3) is 0. The summed E-state index contributed by atoms with van der Waals surface area (Å²) in [6, 6.07) is 1.82. The molecule has 2 rings (SSSR count). The number of amides is 1. The molecule has 1 aliphatic rings. The van der Waals surface area contributed by atoms with E-state index in [-0.39, 0.29) is 11.3 Å². The highest BCUT2D eigenvalue weighted by molar-refractivity contribution is 6.08. The fourth-order valence-corrected chi connectivity index (χ4v) is 1.22. The molecule has 0 fully saturated rings. The molecule has 82 valence electrons. The molecule has 0 saturated carbocycles. The molecule has 1 aliphatic heterocycles. The van der Waals surface area contributed by atoms with Crippen molar-refractivity contribution in [3.05, 3.63) is 35.0 Å². The second-order valence-electron chi connectivity index (χ2n) is 3.09. The molecule has 1 amide bonds. The summed E-state index contributed by atoms with van der Waals surface area (Å²) in [5, 5.41) is 11.2. The van der Waals surface area contributed by atoms with E-state index >= 15 is 0 Å². The minimum absolute atomic E-state index is 0.0458. The van der Waals surface area contributed by atoms with Gasteiger partial charge in [-0.05, 0) is 23.8 Å². The lowest BCUT2D eigenvalue weighted by Crippen LogP contribution is -2.14. The van der Waals surface area contributed by atoms with Gasteiger partial charge in [0.1, 0.15) is 5.70 Å². The van der Waals surface area contributed by atoms with Crippen LogP contribution in [0.3, 0.4) is 0 Å². The van der Waals surface area contributed by atoms with Gasteiger partial charge in [0, 0.05) is 0 Å². The lowest BCUT2D eigenvalue weighted by Gasteiger charge is -2.00. The summed E-state index contributed by atoms with van der Waals surface area (Å²) in [5.74, 6) is -3.67. The van der Waals surface area contributed by atoms with Crippen LogP contribution in [0, 0.1) is 11.6 Å². The first kappa shape index (κ1) is 10.3. The Hall–Kier alpha value is -2.24. The van der Waals surface area contributed by atoms with Gasteiger partial charge in [0.25, 0.3) is 5.91 Å². The van der Waals surface area contributed by atoms with Gasteiger partial charge in [0.15, 0.2) is 17.4 Å². The van der Waals surface area contributed by atoms with E-state index in [9.17, 15) is 13.6 Å². The van der Waals surface area contributed by atoms with Gasteiger partial charge in [-0.2, -0.15) is 0 Å². The number of aromatic hydroxyl groups is 1. The van der Waals surface area contributed by atoms with Crippen LogP contribution >= 0.6 is 0 Å². The summed E-state index contributed by atoms with van der Waals surface area (Å²) in [4.78, 5) is 14.7. The number of hydrogen-bond acceptors (Lipinski definition) is 3. The standard InChI is InChI=1S/C10H6F2N2O2/c11-6-1-5(2-7(12)9(6)15)3-8-10(16)14-4-13-8/h1-4,15H,(H,13,14,16). The number of carbonyl (C=O) groups excluding carboxylic acids is 1. The number of halogens is 2. The predicted octanol–water partition coefficient (Wildman–Crippen LogP) is 1.17. The van der Waals surface area contributed by atoms with Crippen LogP contribution in [0.4, 0.5) is 8.78 Å². The maximum absolute atomic E-state index is 13.0. The third-order valence-corrected chi connectivity index (χ3v) is 1.97. The summed E-state index contributed by atoms with van der Waals surface area (Å²) in [5.41, 5.74) is 0.154. The Morgan fingerprint density at radius 1 is 1.31 bits per heavy atom. The van der Waals surface area contributed by atoms with Crippen LogP contribution in [0.15, 0.2) is 22.8 Å². The first-order valence-electron chi connectivity index (χ1n) is 4.31. The van der Waals surface area contributed by atoms with Gasteiger partial charge in [-0.25, -0.2) is 13.8 Å². The molecule has 2 N–H and O–H groups in total. The Labute approximate surface area is 88.9 Å². The highest BCUT2D eigenvalue weighted by Crippen LogP contribution is 2.23. The number of benzene rings is 1. The van der Waals surface area contributed by atoms with Crippen LogP contribution in [0.25, 0.3) is 6.08 Å². The van der Waals surface area contributed by atoms with Crippen molar-refractivity contribution in [1.29, 1.82) is 0 Å². The molecular formula is C10H6F2N2O2. The SMILES string of the molecule is O=C1NC=NC1=Cc1cc(F)c(O)c(F)c1. The van der Waals surface area contributed by atoms with Crippen molar-refractivity contribution in [3.63, 3.8) is 0 Å². The summed E-state index contributed by atoms with van der Waals surface area (Å²) in [6.45, 7) is 0. The molecule has 1 aromatic rings. The van der Waals surface area contributed by atoms with Crippen LogP contribution in [-0.2, 0) is 4.79 Å². The zero-order valence-electron chi connectivity index (χ0n) is 7.87. The molecule has 4 nitrogen and oxygen atoms in total. The Kier molecular flexibility index (Phi) is 2.40. The molecule has 0 radical (unpaired) electrons. The van der Waals surface area contributed by atoms with Gasteiger partial charge in [0.05, 0.1) is 6.34 Å². The van der Waals surface area contributed by atoms with E-state index in [4.69, 9.17) is 5.11 Å². The van der Waals surface area contributed by atoms with E-state index in [1.807, 2.05) is 0 Å². The minimum atomic E-state index is -1.09. The summed E-state index contributed by atoms with van der Waals surface area (Å²) >= 11 is 0. The minimum Gasteiger partial charge on any atom is -0.503 e. The smallest absolute Gasteiger partial charge is 0.275 e. The van der Waals surface area contributed by atoms with E-state index < -0.39 is 23.3 Å². The number of hydrogen-bond donors (Lipinski definition) is 2. The van der Waals surface area contributed by atoms with E-state index in [1.54, 1.807) is 0 Å². The highest BCUT2D eigenvalue weighted by Gasteiger charge is 2.14.